The minimum atomic E-state index is -1.93. The van der Waals surface area contributed by atoms with Crippen LogP contribution in [0.25, 0.3) is 0 Å². The Bertz CT molecular complexity index is 1730. The number of aliphatic carboxylic acids is 1. The number of carboxylic acid groups (broad SMARTS) is 1. The molecule has 0 aliphatic carbocycles. The maximum absolute atomic E-state index is 13.1. The lowest BCUT2D eigenvalue weighted by atomic mass is 9.98. The largest absolute Gasteiger partial charge is 0.479 e. The molecule has 1 aliphatic heterocycles. The molecular formula is C61H94O12. The van der Waals surface area contributed by atoms with Crippen LogP contribution in [-0.4, -0.2) is 89.2 Å². The third kappa shape index (κ3) is 38.4. The van der Waals surface area contributed by atoms with Gasteiger partial charge in [0.2, 0.25) is 0 Å². The number of aliphatic hydroxyl groups is 2. The van der Waals surface area contributed by atoms with Crippen LogP contribution in [0.2, 0.25) is 0 Å². The van der Waals surface area contributed by atoms with E-state index in [0.29, 0.717) is 19.3 Å². The van der Waals surface area contributed by atoms with Crippen LogP contribution < -0.4 is 0 Å². The van der Waals surface area contributed by atoms with Crippen LogP contribution in [0, 0.1) is 0 Å². The summed E-state index contributed by atoms with van der Waals surface area (Å²) in [6, 6.07) is 0. The topological polar surface area (TPSA) is 175 Å². The quantitative estimate of drug-likeness (QED) is 0.0228. The van der Waals surface area contributed by atoms with Gasteiger partial charge in [-0.15, -0.1) is 0 Å². The molecule has 1 aliphatic rings. The van der Waals surface area contributed by atoms with Crippen LogP contribution in [0.5, 0.6) is 0 Å². The predicted octanol–water partition coefficient (Wildman–Crippen LogP) is 13.7. The van der Waals surface area contributed by atoms with Gasteiger partial charge < -0.3 is 39.0 Å². The smallest absolute Gasteiger partial charge is 0.335 e. The number of unbranched alkanes of at least 4 members (excludes halogenated alkanes) is 10. The molecule has 0 radical (unpaired) electrons. The van der Waals surface area contributed by atoms with Crippen molar-refractivity contribution < 1.29 is 58.2 Å². The van der Waals surface area contributed by atoms with E-state index in [1.54, 1.807) is 0 Å². The van der Waals surface area contributed by atoms with E-state index < -0.39 is 67.3 Å². The lowest BCUT2D eigenvalue weighted by molar-refractivity contribution is -0.301. The molecule has 0 saturated carbocycles. The number of hydrogen-bond acceptors (Lipinski definition) is 11. The first-order valence-corrected chi connectivity index (χ1v) is 27.5. The second kappa shape index (κ2) is 48.1. The second-order valence-corrected chi connectivity index (χ2v) is 18.1. The minimum absolute atomic E-state index is 0.0174. The number of aliphatic hydroxyl groups excluding tert-OH is 2. The first kappa shape index (κ1) is 66.1. The first-order chi connectivity index (χ1) is 35.6. The fourth-order valence-electron chi connectivity index (χ4n) is 7.35. The minimum Gasteiger partial charge on any atom is -0.479 e. The van der Waals surface area contributed by atoms with Crippen molar-refractivity contribution in [2.24, 2.45) is 0 Å². The van der Waals surface area contributed by atoms with Gasteiger partial charge in [-0.1, -0.05) is 181 Å². The molecule has 6 atom stereocenters. The Morgan fingerprint density at radius 1 is 0.466 bits per heavy atom. The molecule has 0 bridgehead atoms. The van der Waals surface area contributed by atoms with Crippen LogP contribution in [0.3, 0.4) is 0 Å². The molecule has 0 aromatic heterocycles. The summed E-state index contributed by atoms with van der Waals surface area (Å²) in [6.07, 6.45) is 53.3. The molecule has 1 saturated heterocycles. The molecule has 0 spiro atoms. The number of ether oxygens (including phenoxy) is 5. The molecule has 0 aromatic carbocycles. The van der Waals surface area contributed by atoms with Crippen molar-refractivity contribution in [3.63, 3.8) is 0 Å². The zero-order valence-corrected chi connectivity index (χ0v) is 44.8. The Kier molecular flexibility index (Phi) is 43.6. The Balaban J connectivity index is 2.78. The van der Waals surface area contributed by atoms with Gasteiger partial charge in [0.15, 0.2) is 24.6 Å². The molecule has 12 nitrogen and oxygen atoms in total. The lowest BCUT2D eigenvalue weighted by Crippen LogP contribution is -2.61. The average Bonchev–Trinajstić information content (AvgIpc) is 3.37. The number of carboxylic acids is 1. The summed E-state index contributed by atoms with van der Waals surface area (Å²) in [6.45, 7) is 5.58. The van der Waals surface area contributed by atoms with Crippen molar-refractivity contribution in [2.75, 3.05) is 13.2 Å². The molecule has 1 fully saturated rings. The van der Waals surface area contributed by atoms with Crippen LogP contribution >= 0.6 is 0 Å². The molecule has 410 valence electrons. The van der Waals surface area contributed by atoms with Crippen molar-refractivity contribution in [3.05, 3.63) is 122 Å². The molecule has 73 heavy (non-hydrogen) atoms. The van der Waals surface area contributed by atoms with Crippen LogP contribution in [0.15, 0.2) is 122 Å². The summed E-state index contributed by atoms with van der Waals surface area (Å²) in [5.74, 6) is -3.30. The van der Waals surface area contributed by atoms with Gasteiger partial charge >= 0.3 is 23.9 Å². The van der Waals surface area contributed by atoms with Gasteiger partial charge in [-0.3, -0.25) is 14.4 Å². The summed E-state index contributed by atoms with van der Waals surface area (Å²) >= 11 is 0. The molecule has 0 aromatic rings. The highest BCUT2D eigenvalue weighted by Crippen LogP contribution is 2.26. The van der Waals surface area contributed by atoms with Gasteiger partial charge in [-0.05, 0) is 109 Å². The van der Waals surface area contributed by atoms with Crippen molar-refractivity contribution >= 4 is 23.9 Å². The molecule has 3 N–H and O–H groups in total. The zero-order valence-electron chi connectivity index (χ0n) is 44.8. The molecule has 0 amide bonds. The number of rotatable bonds is 44. The monoisotopic (exact) mass is 1020 g/mol. The summed E-state index contributed by atoms with van der Waals surface area (Å²) in [4.78, 5) is 50.9. The Morgan fingerprint density at radius 2 is 0.890 bits per heavy atom. The van der Waals surface area contributed by atoms with Gasteiger partial charge in [0.1, 0.15) is 18.8 Å². The van der Waals surface area contributed by atoms with Crippen molar-refractivity contribution in [1.82, 2.24) is 0 Å². The van der Waals surface area contributed by atoms with Gasteiger partial charge in [0.05, 0.1) is 6.61 Å². The predicted molar refractivity (Wildman–Crippen MR) is 293 cm³/mol. The molecule has 12 heteroatoms. The molecular weight excluding hydrogens is 925 g/mol. The summed E-state index contributed by atoms with van der Waals surface area (Å²) in [5.41, 5.74) is 0. The normalized spacial score (nSPS) is 19.3. The number of carbonyl (C=O) groups is 4. The Hall–Kier alpha value is -4.88. The second-order valence-electron chi connectivity index (χ2n) is 18.1. The Labute approximate surface area is 439 Å². The fourth-order valence-corrected chi connectivity index (χ4v) is 7.35. The summed E-state index contributed by atoms with van der Waals surface area (Å²) in [5, 5.41) is 31.4. The standard InChI is InChI=1S/C61H94O12/c1-4-7-10-13-16-19-22-25-26-27-28-31-34-37-40-43-46-49-55(64)72-59-57(66)56(65)58(60(67)68)73-61(59)70-51-52(71-54(63)48-45-42-39-36-33-30-24-21-18-15-12-9-6-3)50-69-53(62)47-44-41-38-35-32-29-23-20-17-14-11-8-5-2/h7-8,10-12,15-17,19-21,24-26,28-29,31-32,38,41,52,56-59,61,65-66H,4-6,9,13-14,18,22-23,27,30,33-37,39-40,42-51H2,1-3H3,(H,67,68)/b10-7-,11-8-,15-12-,19-16-,20-17-,24-21-,26-25-,31-28-,32-29-,41-38-. The van der Waals surface area contributed by atoms with E-state index in [4.69, 9.17) is 23.7 Å². The van der Waals surface area contributed by atoms with E-state index in [0.717, 1.165) is 128 Å². The summed E-state index contributed by atoms with van der Waals surface area (Å²) < 4.78 is 28.2. The zero-order chi connectivity index (χ0) is 53.3. The first-order valence-electron chi connectivity index (χ1n) is 27.5. The highest BCUT2D eigenvalue weighted by Gasteiger charge is 2.50. The van der Waals surface area contributed by atoms with E-state index in [-0.39, 0.29) is 25.9 Å². The molecule has 1 heterocycles. The third-order valence-corrected chi connectivity index (χ3v) is 11.5. The van der Waals surface area contributed by atoms with E-state index >= 15 is 0 Å². The van der Waals surface area contributed by atoms with Crippen molar-refractivity contribution in [2.45, 2.75) is 225 Å². The summed E-state index contributed by atoms with van der Waals surface area (Å²) in [7, 11) is 0. The molecule has 6 unspecified atom stereocenters. The van der Waals surface area contributed by atoms with Gasteiger partial charge in [0.25, 0.3) is 0 Å². The maximum Gasteiger partial charge on any atom is 0.335 e. The van der Waals surface area contributed by atoms with Crippen LogP contribution in [0.4, 0.5) is 0 Å². The average molecular weight is 1020 g/mol. The van der Waals surface area contributed by atoms with E-state index in [1.807, 2.05) is 12.2 Å². The maximum atomic E-state index is 13.1. The van der Waals surface area contributed by atoms with E-state index in [9.17, 15) is 34.5 Å². The van der Waals surface area contributed by atoms with Crippen LogP contribution in [0.1, 0.15) is 188 Å². The highest BCUT2D eigenvalue weighted by atomic mass is 16.7. The number of esters is 3. The van der Waals surface area contributed by atoms with Crippen molar-refractivity contribution in [1.29, 1.82) is 0 Å². The van der Waals surface area contributed by atoms with Gasteiger partial charge in [0, 0.05) is 19.3 Å². The van der Waals surface area contributed by atoms with Gasteiger partial charge in [-0.25, -0.2) is 4.79 Å². The number of allylic oxidation sites excluding steroid dienone is 20. The van der Waals surface area contributed by atoms with E-state index in [1.165, 1.54) is 0 Å². The van der Waals surface area contributed by atoms with Crippen LogP contribution in [-0.2, 0) is 42.9 Å². The van der Waals surface area contributed by atoms with Crippen molar-refractivity contribution in [3.8, 4) is 0 Å². The highest BCUT2D eigenvalue weighted by molar-refractivity contribution is 5.74. The SMILES string of the molecule is CC/C=C\C/C=C\C/C=C\C/C=C\CCCCCCC(=O)OC1C(OCC(COC(=O)CC/C=C\C/C=C\C/C=C\C/C=C\CC)OC(=O)CCCCCCC/C=C\C/C=C\CCC)OC(C(=O)O)C(O)C1O. The fraction of sp³-hybridized carbons (Fsp3) is 0.607. The van der Waals surface area contributed by atoms with E-state index in [2.05, 4.69) is 130 Å². The van der Waals surface area contributed by atoms with Gasteiger partial charge in [-0.2, -0.15) is 0 Å². The Morgan fingerprint density at radius 3 is 1.37 bits per heavy atom. The lowest BCUT2D eigenvalue weighted by Gasteiger charge is -2.40. The third-order valence-electron chi connectivity index (χ3n) is 11.5. The number of carbonyl (C=O) groups excluding carboxylic acids is 3. The molecule has 1 rings (SSSR count). The number of hydrogen-bond donors (Lipinski definition) is 3.